The molecular weight excluding hydrogens is 344 g/mol. The second-order valence-corrected chi connectivity index (χ2v) is 8.12. The molecule has 4 rings (SSSR count). The zero-order valence-electron chi connectivity index (χ0n) is 13.1. The topological polar surface area (TPSA) is 72.2 Å². The van der Waals surface area contributed by atoms with Crippen LogP contribution in [0.2, 0.25) is 0 Å². The number of carboxylic acids is 1. The summed E-state index contributed by atoms with van der Waals surface area (Å²) in [7, 11) is 0. The second kappa shape index (κ2) is 5.39. The molecule has 0 saturated carbocycles. The van der Waals surface area contributed by atoms with Crippen molar-refractivity contribution in [1.29, 1.82) is 0 Å². The van der Waals surface area contributed by atoms with Gasteiger partial charge < -0.3 is 5.11 Å². The van der Waals surface area contributed by atoms with Crippen LogP contribution in [0, 0.1) is 13.8 Å². The molecule has 3 aromatic heterocycles. The molecule has 0 atom stereocenters. The van der Waals surface area contributed by atoms with Crippen molar-refractivity contribution < 1.29 is 9.90 Å². The summed E-state index contributed by atoms with van der Waals surface area (Å²) < 4.78 is 1.67. The van der Waals surface area contributed by atoms with E-state index in [2.05, 4.69) is 30.1 Å². The number of hydrogen-bond acceptors (Lipinski definition) is 5. The summed E-state index contributed by atoms with van der Waals surface area (Å²) in [5.74, 6) is -0.346. The molecule has 122 valence electrons. The summed E-state index contributed by atoms with van der Waals surface area (Å²) in [5.41, 5.74) is 1.40. The predicted molar refractivity (Wildman–Crippen MR) is 97.1 cm³/mol. The number of aromatic carboxylic acids is 1. The Balaban J connectivity index is 1.93. The van der Waals surface area contributed by atoms with Crippen molar-refractivity contribution in [1.82, 2.24) is 9.55 Å². The molecule has 1 aliphatic heterocycles. The summed E-state index contributed by atoms with van der Waals surface area (Å²) in [6.07, 6.45) is 2.84. The Morgan fingerprint density at radius 1 is 1.33 bits per heavy atom. The third-order valence-corrected chi connectivity index (χ3v) is 6.34. The van der Waals surface area contributed by atoms with E-state index in [0.29, 0.717) is 28.1 Å². The minimum atomic E-state index is -1.01. The molecule has 1 aliphatic rings. The van der Waals surface area contributed by atoms with Gasteiger partial charge in [-0.3, -0.25) is 9.36 Å². The zero-order valence-corrected chi connectivity index (χ0v) is 14.8. The highest BCUT2D eigenvalue weighted by Crippen LogP contribution is 2.33. The third-order valence-electron chi connectivity index (χ3n) is 4.21. The highest BCUT2D eigenvalue weighted by atomic mass is 32.1. The Bertz CT molecular complexity index is 1090. The highest BCUT2D eigenvalue weighted by Gasteiger charge is 2.25. The number of nitrogens with zero attached hydrogens (tertiary/aromatic N) is 2. The average molecular weight is 358 g/mol. The fraction of sp³-hybridized carbons (Fsp3) is 0.235. The third kappa shape index (κ3) is 2.23. The number of fused-ring (bicyclic) bond motifs is 2. The van der Waals surface area contributed by atoms with Gasteiger partial charge in [0.1, 0.15) is 15.5 Å². The average Bonchev–Trinajstić information content (AvgIpc) is 3.19. The summed E-state index contributed by atoms with van der Waals surface area (Å²) in [6.45, 7) is 4.33. The SMILES string of the molecule is Cc1ccc(C=C2CCn3c2nc2sc(C(=O)O)c(C)c2c3=O)s1. The molecule has 1 N–H and O–H groups in total. The maximum absolute atomic E-state index is 12.8. The standard InChI is InChI=1S/C17H14N2O3S2/c1-8-3-4-11(23-8)7-10-5-6-19-14(10)18-15-12(16(19)20)9(2)13(24-15)17(21)22/h3-4,7H,5-6H2,1-2H3,(H,21,22). The van der Waals surface area contributed by atoms with Crippen LogP contribution in [0.15, 0.2) is 16.9 Å². The Morgan fingerprint density at radius 3 is 2.79 bits per heavy atom. The Morgan fingerprint density at radius 2 is 2.12 bits per heavy atom. The summed E-state index contributed by atoms with van der Waals surface area (Å²) in [6, 6.07) is 4.13. The molecule has 24 heavy (non-hydrogen) atoms. The Labute approximate surface area is 145 Å². The molecule has 0 saturated heterocycles. The molecule has 0 fully saturated rings. The maximum atomic E-state index is 12.8. The number of thiophene rings is 2. The van der Waals surface area contributed by atoms with Gasteiger partial charge in [-0.1, -0.05) is 0 Å². The fourth-order valence-corrected chi connectivity index (χ4v) is 4.91. The van der Waals surface area contributed by atoms with Crippen molar-refractivity contribution in [2.24, 2.45) is 0 Å². The van der Waals surface area contributed by atoms with Gasteiger partial charge in [-0.2, -0.15) is 0 Å². The van der Waals surface area contributed by atoms with Crippen molar-refractivity contribution >= 4 is 50.5 Å². The van der Waals surface area contributed by atoms with Crippen LogP contribution in [0.5, 0.6) is 0 Å². The van der Waals surface area contributed by atoms with Crippen LogP contribution in [-0.4, -0.2) is 20.6 Å². The van der Waals surface area contributed by atoms with Crippen molar-refractivity contribution in [2.45, 2.75) is 26.8 Å². The van der Waals surface area contributed by atoms with E-state index in [1.807, 2.05) is 0 Å². The number of hydrogen-bond donors (Lipinski definition) is 1. The van der Waals surface area contributed by atoms with Gasteiger partial charge in [-0.15, -0.1) is 22.7 Å². The van der Waals surface area contributed by atoms with Crippen LogP contribution >= 0.6 is 22.7 Å². The van der Waals surface area contributed by atoms with Crippen LogP contribution in [-0.2, 0) is 6.54 Å². The Kier molecular flexibility index (Phi) is 3.43. The smallest absolute Gasteiger partial charge is 0.346 e. The number of rotatable bonds is 2. The first-order valence-corrected chi connectivity index (χ1v) is 9.13. The van der Waals surface area contributed by atoms with Gasteiger partial charge in [0.2, 0.25) is 0 Å². The van der Waals surface area contributed by atoms with E-state index >= 15 is 0 Å². The molecule has 0 aliphatic carbocycles. The number of allylic oxidation sites excluding steroid dienone is 1. The molecule has 0 aromatic carbocycles. The van der Waals surface area contributed by atoms with Gasteiger partial charge in [0, 0.05) is 16.3 Å². The minimum absolute atomic E-state index is 0.137. The first-order valence-electron chi connectivity index (χ1n) is 7.50. The Hall–Kier alpha value is -2.25. The lowest BCUT2D eigenvalue weighted by molar-refractivity contribution is 0.0701. The monoisotopic (exact) mass is 358 g/mol. The lowest BCUT2D eigenvalue weighted by atomic mass is 10.2. The van der Waals surface area contributed by atoms with E-state index < -0.39 is 5.97 Å². The number of carboxylic acid groups (broad SMARTS) is 1. The van der Waals surface area contributed by atoms with Crippen LogP contribution < -0.4 is 5.56 Å². The first-order chi connectivity index (χ1) is 11.5. The lowest BCUT2D eigenvalue weighted by Gasteiger charge is -2.03. The van der Waals surface area contributed by atoms with Crippen molar-refractivity contribution in [3.63, 3.8) is 0 Å². The van der Waals surface area contributed by atoms with Crippen molar-refractivity contribution in [3.8, 4) is 0 Å². The van der Waals surface area contributed by atoms with Crippen molar-refractivity contribution in [2.75, 3.05) is 0 Å². The first kappa shape index (κ1) is 15.3. The quantitative estimate of drug-likeness (QED) is 0.757. The number of carbonyl (C=O) groups is 1. The van der Waals surface area contributed by atoms with Gasteiger partial charge in [0.15, 0.2) is 0 Å². The lowest BCUT2D eigenvalue weighted by Crippen LogP contribution is -2.20. The van der Waals surface area contributed by atoms with E-state index in [-0.39, 0.29) is 10.4 Å². The van der Waals surface area contributed by atoms with E-state index in [4.69, 9.17) is 0 Å². The van der Waals surface area contributed by atoms with Crippen LogP contribution in [0.4, 0.5) is 0 Å². The second-order valence-electron chi connectivity index (χ2n) is 5.80. The van der Waals surface area contributed by atoms with Crippen LogP contribution in [0.1, 0.15) is 37.2 Å². The van der Waals surface area contributed by atoms with Gasteiger partial charge in [-0.05, 0) is 49.6 Å². The van der Waals surface area contributed by atoms with Crippen LogP contribution in [0.3, 0.4) is 0 Å². The minimum Gasteiger partial charge on any atom is -0.477 e. The molecule has 5 nitrogen and oxygen atoms in total. The predicted octanol–water partition coefficient (Wildman–Crippen LogP) is 3.78. The molecule has 3 aromatic rings. The molecule has 0 spiro atoms. The molecule has 0 bridgehead atoms. The molecule has 0 radical (unpaired) electrons. The maximum Gasteiger partial charge on any atom is 0.346 e. The van der Waals surface area contributed by atoms with Crippen LogP contribution in [0.25, 0.3) is 21.9 Å². The van der Waals surface area contributed by atoms with E-state index in [1.54, 1.807) is 22.8 Å². The normalized spacial score (nSPS) is 15.3. The fourth-order valence-electron chi connectivity index (χ4n) is 3.06. The summed E-state index contributed by atoms with van der Waals surface area (Å²) >= 11 is 2.78. The molecule has 0 amide bonds. The van der Waals surface area contributed by atoms with Crippen molar-refractivity contribution in [3.05, 3.63) is 48.5 Å². The van der Waals surface area contributed by atoms with Gasteiger partial charge in [0.05, 0.1) is 5.39 Å². The molecule has 0 unspecified atom stereocenters. The zero-order chi connectivity index (χ0) is 17.0. The van der Waals surface area contributed by atoms with E-state index in [0.717, 1.165) is 28.2 Å². The highest BCUT2D eigenvalue weighted by molar-refractivity contribution is 7.20. The number of aryl methyl sites for hydroxylation is 2. The van der Waals surface area contributed by atoms with Gasteiger partial charge >= 0.3 is 5.97 Å². The van der Waals surface area contributed by atoms with Gasteiger partial charge in [0.25, 0.3) is 5.56 Å². The molecular formula is C17H14N2O3S2. The summed E-state index contributed by atoms with van der Waals surface area (Å²) in [4.78, 5) is 31.8. The largest absolute Gasteiger partial charge is 0.477 e. The van der Waals surface area contributed by atoms with E-state index in [9.17, 15) is 14.7 Å². The van der Waals surface area contributed by atoms with Gasteiger partial charge in [-0.25, -0.2) is 9.78 Å². The number of aromatic nitrogens is 2. The molecule has 4 heterocycles. The molecule has 7 heteroatoms. The van der Waals surface area contributed by atoms with E-state index in [1.165, 1.54) is 4.88 Å². The summed E-state index contributed by atoms with van der Waals surface area (Å²) in [5, 5.41) is 9.72.